The summed E-state index contributed by atoms with van der Waals surface area (Å²) in [6.45, 7) is 3.12. The number of nitrogens with zero attached hydrogens (tertiary/aromatic N) is 2. The molecule has 0 spiro atoms. The van der Waals surface area contributed by atoms with Crippen LogP contribution in [0, 0.1) is 0 Å². The van der Waals surface area contributed by atoms with Crippen molar-refractivity contribution in [2.24, 2.45) is 0 Å². The largest absolute Gasteiger partial charge is 0.336 e. The molecule has 1 rings (SSSR count). The molecule has 0 atom stereocenters. The first-order valence-electron chi connectivity index (χ1n) is 3.00. The molecule has 0 unspecified atom stereocenters. The molecule has 1 aromatic rings. The zero-order chi connectivity index (χ0) is 6.69. The Morgan fingerprint density at radius 3 is 3.00 bits per heavy atom. The topological polar surface area (TPSA) is 17.8 Å². The van der Waals surface area contributed by atoms with E-state index in [-0.39, 0.29) is 0 Å². The van der Waals surface area contributed by atoms with Crippen LogP contribution in [0.1, 0.15) is 13.3 Å². The summed E-state index contributed by atoms with van der Waals surface area (Å²) in [5, 5.41) is 0.573. The number of aromatic nitrogens is 2. The highest BCUT2D eigenvalue weighted by Gasteiger charge is 1.90. The van der Waals surface area contributed by atoms with Gasteiger partial charge in [0.25, 0.3) is 0 Å². The van der Waals surface area contributed by atoms with Crippen molar-refractivity contribution in [3.05, 3.63) is 17.7 Å². The van der Waals surface area contributed by atoms with E-state index in [1.54, 1.807) is 6.33 Å². The molecule has 1 heterocycles. The van der Waals surface area contributed by atoms with Gasteiger partial charge in [0.2, 0.25) is 0 Å². The van der Waals surface area contributed by atoms with E-state index in [1.807, 2.05) is 10.8 Å². The summed E-state index contributed by atoms with van der Waals surface area (Å²) in [4.78, 5) is 3.86. The maximum absolute atomic E-state index is 5.56. The molecule has 0 aromatic carbocycles. The van der Waals surface area contributed by atoms with E-state index < -0.39 is 0 Å². The van der Waals surface area contributed by atoms with Crippen LogP contribution >= 0.6 is 11.6 Å². The van der Waals surface area contributed by atoms with Gasteiger partial charge in [-0.05, 0) is 6.42 Å². The third-order valence-corrected chi connectivity index (χ3v) is 1.28. The minimum absolute atomic E-state index is 0.573. The summed E-state index contributed by atoms with van der Waals surface area (Å²) >= 11 is 5.56. The molecule has 0 aliphatic heterocycles. The Morgan fingerprint density at radius 1 is 1.78 bits per heavy atom. The molecule has 0 radical (unpaired) electrons. The smallest absolute Gasteiger partial charge is 0.146 e. The molecular weight excluding hydrogens is 136 g/mol. The molecule has 0 saturated heterocycles. The van der Waals surface area contributed by atoms with Crippen molar-refractivity contribution in [1.82, 2.24) is 9.55 Å². The Kier molecular flexibility index (Phi) is 2.11. The Bertz CT molecular complexity index is 183. The Hall–Kier alpha value is -0.500. The second-order valence-electron chi connectivity index (χ2n) is 1.93. The fourth-order valence-electron chi connectivity index (χ4n) is 0.713. The number of halogens is 1. The van der Waals surface area contributed by atoms with Crippen molar-refractivity contribution in [3.63, 3.8) is 0 Å². The van der Waals surface area contributed by atoms with Gasteiger partial charge in [-0.25, -0.2) is 4.98 Å². The van der Waals surface area contributed by atoms with Gasteiger partial charge in [0.1, 0.15) is 5.15 Å². The molecule has 0 N–H and O–H groups in total. The van der Waals surface area contributed by atoms with Gasteiger partial charge < -0.3 is 4.57 Å². The molecule has 0 amide bonds. The van der Waals surface area contributed by atoms with E-state index in [2.05, 4.69) is 11.9 Å². The van der Waals surface area contributed by atoms with E-state index in [1.165, 1.54) is 0 Å². The zero-order valence-corrected chi connectivity index (χ0v) is 6.10. The highest BCUT2D eigenvalue weighted by atomic mass is 35.5. The van der Waals surface area contributed by atoms with Crippen molar-refractivity contribution >= 4 is 11.6 Å². The zero-order valence-electron chi connectivity index (χ0n) is 5.34. The fourth-order valence-corrected chi connectivity index (χ4v) is 0.882. The second kappa shape index (κ2) is 2.87. The second-order valence-corrected chi connectivity index (χ2v) is 2.32. The Morgan fingerprint density at radius 2 is 2.56 bits per heavy atom. The van der Waals surface area contributed by atoms with Crippen LogP contribution < -0.4 is 0 Å². The number of rotatable bonds is 2. The maximum Gasteiger partial charge on any atom is 0.146 e. The van der Waals surface area contributed by atoms with Crippen molar-refractivity contribution in [2.75, 3.05) is 0 Å². The molecule has 0 bridgehead atoms. The molecular formula is C6H9ClN2. The van der Waals surface area contributed by atoms with Gasteiger partial charge in [0.15, 0.2) is 0 Å². The first-order valence-corrected chi connectivity index (χ1v) is 3.38. The van der Waals surface area contributed by atoms with Crippen LogP contribution in [0.15, 0.2) is 12.5 Å². The fraction of sp³-hybridized carbons (Fsp3) is 0.500. The van der Waals surface area contributed by atoms with Crippen molar-refractivity contribution in [2.45, 2.75) is 19.9 Å². The summed E-state index contributed by atoms with van der Waals surface area (Å²) in [5.74, 6) is 0. The van der Waals surface area contributed by atoms with E-state index >= 15 is 0 Å². The van der Waals surface area contributed by atoms with Crippen LogP contribution in [0.4, 0.5) is 0 Å². The normalized spacial score (nSPS) is 10.0. The van der Waals surface area contributed by atoms with Crippen LogP contribution in [0.5, 0.6) is 0 Å². The standard InChI is InChI=1S/C6H9ClN2/c1-2-3-9-4-6(7)8-5-9/h4-5H,2-3H2,1H3. The average molecular weight is 145 g/mol. The molecule has 0 fully saturated rings. The Balaban J connectivity index is 2.61. The average Bonchev–Trinajstić information content (AvgIpc) is 2.17. The van der Waals surface area contributed by atoms with E-state index in [0.717, 1.165) is 13.0 Å². The van der Waals surface area contributed by atoms with Crippen LogP contribution in [0.3, 0.4) is 0 Å². The quantitative estimate of drug-likeness (QED) is 0.621. The number of aryl methyl sites for hydroxylation is 1. The van der Waals surface area contributed by atoms with Gasteiger partial charge in [-0.2, -0.15) is 0 Å². The highest BCUT2D eigenvalue weighted by molar-refractivity contribution is 6.29. The van der Waals surface area contributed by atoms with Crippen LogP contribution in [0.25, 0.3) is 0 Å². The SMILES string of the molecule is CCCn1cnc(Cl)c1. The first-order chi connectivity index (χ1) is 4.33. The molecule has 3 heteroatoms. The molecule has 1 aromatic heterocycles. The third-order valence-electron chi connectivity index (χ3n) is 1.08. The summed E-state index contributed by atoms with van der Waals surface area (Å²) in [6, 6.07) is 0. The van der Waals surface area contributed by atoms with Crippen molar-refractivity contribution in [3.8, 4) is 0 Å². The van der Waals surface area contributed by atoms with Crippen LogP contribution in [0.2, 0.25) is 5.15 Å². The Labute approximate surface area is 59.5 Å². The highest BCUT2D eigenvalue weighted by Crippen LogP contribution is 2.02. The lowest BCUT2D eigenvalue weighted by Crippen LogP contribution is -1.90. The monoisotopic (exact) mass is 144 g/mol. The lowest BCUT2D eigenvalue weighted by Gasteiger charge is -1.93. The third kappa shape index (κ3) is 1.72. The maximum atomic E-state index is 5.56. The summed E-state index contributed by atoms with van der Waals surface area (Å²) < 4.78 is 1.97. The van der Waals surface area contributed by atoms with Crippen LogP contribution in [-0.2, 0) is 6.54 Å². The number of imidazole rings is 1. The minimum Gasteiger partial charge on any atom is -0.336 e. The molecule has 50 valence electrons. The van der Waals surface area contributed by atoms with Gasteiger partial charge in [-0.15, -0.1) is 0 Å². The minimum atomic E-state index is 0.573. The summed E-state index contributed by atoms with van der Waals surface area (Å²) in [5.41, 5.74) is 0. The number of hydrogen-bond acceptors (Lipinski definition) is 1. The van der Waals surface area contributed by atoms with Crippen molar-refractivity contribution < 1.29 is 0 Å². The van der Waals surface area contributed by atoms with E-state index in [0.29, 0.717) is 5.15 Å². The molecule has 0 aliphatic carbocycles. The van der Waals surface area contributed by atoms with Gasteiger partial charge in [-0.3, -0.25) is 0 Å². The van der Waals surface area contributed by atoms with Crippen molar-refractivity contribution in [1.29, 1.82) is 0 Å². The molecule has 0 saturated carbocycles. The lowest BCUT2D eigenvalue weighted by atomic mass is 10.5. The molecule has 2 nitrogen and oxygen atoms in total. The van der Waals surface area contributed by atoms with Gasteiger partial charge in [0, 0.05) is 12.7 Å². The summed E-state index contributed by atoms with van der Waals surface area (Å²) in [7, 11) is 0. The van der Waals surface area contributed by atoms with Gasteiger partial charge >= 0.3 is 0 Å². The first kappa shape index (κ1) is 6.62. The molecule has 0 aliphatic rings. The predicted octanol–water partition coefficient (Wildman–Crippen LogP) is 1.95. The van der Waals surface area contributed by atoms with Gasteiger partial charge in [0.05, 0.1) is 6.33 Å². The lowest BCUT2D eigenvalue weighted by molar-refractivity contribution is 0.678. The summed E-state index contributed by atoms with van der Waals surface area (Å²) in [6.07, 6.45) is 4.68. The van der Waals surface area contributed by atoms with E-state index in [9.17, 15) is 0 Å². The van der Waals surface area contributed by atoms with Crippen LogP contribution in [-0.4, -0.2) is 9.55 Å². The van der Waals surface area contributed by atoms with Gasteiger partial charge in [-0.1, -0.05) is 18.5 Å². The number of hydrogen-bond donors (Lipinski definition) is 0. The predicted molar refractivity (Wildman–Crippen MR) is 37.5 cm³/mol. The van der Waals surface area contributed by atoms with E-state index in [4.69, 9.17) is 11.6 Å². The molecule has 9 heavy (non-hydrogen) atoms.